The van der Waals surface area contributed by atoms with E-state index in [1.807, 2.05) is 6.07 Å². The number of rotatable bonds is 4. The molecule has 0 bridgehead atoms. The predicted octanol–water partition coefficient (Wildman–Crippen LogP) is 4.41. The van der Waals surface area contributed by atoms with E-state index in [2.05, 4.69) is 5.32 Å². The number of amides is 1. The Morgan fingerprint density at radius 3 is 2.62 bits per heavy atom. The number of carbonyl (C=O) groups excluding carboxylic acids is 2. The van der Waals surface area contributed by atoms with Crippen LogP contribution in [0.2, 0.25) is 10.0 Å². The number of fused-ring (bicyclic) bond motifs is 1. The van der Waals surface area contributed by atoms with E-state index in [0.29, 0.717) is 21.0 Å². The summed E-state index contributed by atoms with van der Waals surface area (Å²) in [5.74, 6) is -1.45. The number of ether oxygens (including phenoxy) is 1. The largest absolute Gasteiger partial charge is 0.450 e. The molecular formula is C18H10Cl2N2O4. The minimum atomic E-state index is -0.793. The molecule has 6 nitrogen and oxygen atoms in total. The van der Waals surface area contributed by atoms with Crippen molar-refractivity contribution in [2.75, 3.05) is 11.9 Å². The maximum atomic E-state index is 12.0. The molecule has 2 aromatic carbocycles. The van der Waals surface area contributed by atoms with Crippen molar-refractivity contribution < 1.29 is 18.7 Å². The molecule has 26 heavy (non-hydrogen) atoms. The van der Waals surface area contributed by atoms with Gasteiger partial charge in [0.2, 0.25) is 5.76 Å². The van der Waals surface area contributed by atoms with Crippen LogP contribution in [0.5, 0.6) is 0 Å². The zero-order chi connectivity index (χ0) is 18.7. The third-order valence-electron chi connectivity index (χ3n) is 3.39. The molecule has 0 radical (unpaired) electrons. The van der Waals surface area contributed by atoms with Crippen LogP contribution in [0.3, 0.4) is 0 Å². The minimum absolute atomic E-state index is 0.0458. The average Bonchev–Trinajstić information content (AvgIpc) is 3.03. The maximum Gasteiger partial charge on any atom is 0.374 e. The summed E-state index contributed by atoms with van der Waals surface area (Å²) in [6.07, 6.45) is 0. The summed E-state index contributed by atoms with van der Waals surface area (Å²) in [6.45, 7) is -0.548. The lowest BCUT2D eigenvalue weighted by Gasteiger charge is -2.07. The van der Waals surface area contributed by atoms with Crippen LogP contribution in [0.1, 0.15) is 16.1 Å². The fraction of sp³-hybridized carbons (Fsp3) is 0.0556. The summed E-state index contributed by atoms with van der Waals surface area (Å²) < 4.78 is 10.3. The average molecular weight is 389 g/mol. The van der Waals surface area contributed by atoms with Crippen molar-refractivity contribution in [3.63, 3.8) is 0 Å². The zero-order valence-electron chi connectivity index (χ0n) is 13.1. The van der Waals surface area contributed by atoms with Crippen LogP contribution in [0.15, 0.2) is 46.9 Å². The van der Waals surface area contributed by atoms with Crippen LogP contribution in [0.25, 0.3) is 11.0 Å². The number of nitriles is 1. The molecule has 0 aliphatic heterocycles. The second-order valence-corrected chi connectivity index (χ2v) is 6.09. The molecule has 1 heterocycles. The highest BCUT2D eigenvalue weighted by Gasteiger charge is 2.16. The highest BCUT2D eigenvalue weighted by molar-refractivity contribution is 6.31. The minimum Gasteiger partial charge on any atom is -0.450 e. The zero-order valence-corrected chi connectivity index (χ0v) is 14.6. The van der Waals surface area contributed by atoms with Crippen molar-refractivity contribution in [2.24, 2.45) is 0 Å². The molecular weight excluding hydrogens is 379 g/mol. The SMILES string of the molecule is N#Cc1ccc(Cl)cc1NC(=O)COC(=O)c1cc2cc(Cl)ccc2o1. The molecule has 0 aliphatic carbocycles. The van der Waals surface area contributed by atoms with E-state index in [4.69, 9.17) is 37.6 Å². The Hall–Kier alpha value is -3.01. The first kappa shape index (κ1) is 17.8. The van der Waals surface area contributed by atoms with Crippen molar-refractivity contribution in [1.29, 1.82) is 5.26 Å². The third-order valence-corrected chi connectivity index (χ3v) is 3.86. The van der Waals surface area contributed by atoms with Gasteiger partial charge in [-0.3, -0.25) is 4.79 Å². The van der Waals surface area contributed by atoms with Gasteiger partial charge in [-0.25, -0.2) is 4.79 Å². The number of anilines is 1. The Kier molecular flexibility index (Phi) is 5.12. The van der Waals surface area contributed by atoms with E-state index in [-0.39, 0.29) is 17.0 Å². The molecule has 0 saturated carbocycles. The monoisotopic (exact) mass is 388 g/mol. The van der Waals surface area contributed by atoms with Crippen LogP contribution >= 0.6 is 23.2 Å². The first-order chi connectivity index (χ1) is 12.5. The molecule has 3 rings (SSSR count). The van der Waals surface area contributed by atoms with E-state index < -0.39 is 18.5 Å². The number of hydrogen-bond donors (Lipinski definition) is 1. The molecule has 130 valence electrons. The van der Waals surface area contributed by atoms with Gasteiger partial charge in [0, 0.05) is 15.4 Å². The van der Waals surface area contributed by atoms with Crippen molar-refractivity contribution in [1.82, 2.24) is 0 Å². The summed E-state index contributed by atoms with van der Waals surface area (Å²) >= 11 is 11.7. The van der Waals surface area contributed by atoms with Gasteiger partial charge in [-0.2, -0.15) is 5.26 Å². The van der Waals surface area contributed by atoms with Crippen molar-refractivity contribution in [3.05, 3.63) is 63.8 Å². The van der Waals surface area contributed by atoms with Crippen molar-refractivity contribution >= 4 is 51.7 Å². The highest BCUT2D eigenvalue weighted by Crippen LogP contribution is 2.23. The molecule has 1 amide bonds. The van der Waals surface area contributed by atoms with Gasteiger partial charge < -0.3 is 14.5 Å². The Balaban J connectivity index is 1.64. The Labute approximate surface area is 157 Å². The third kappa shape index (κ3) is 3.97. The van der Waals surface area contributed by atoms with Gasteiger partial charge in [0.05, 0.1) is 11.3 Å². The van der Waals surface area contributed by atoms with Gasteiger partial charge >= 0.3 is 5.97 Å². The second kappa shape index (κ2) is 7.48. The van der Waals surface area contributed by atoms with Crippen molar-refractivity contribution in [3.8, 4) is 6.07 Å². The summed E-state index contributed by atoms with van der Waals surface area (Å²) in [4.78, 5) is 24.0. The van der Waals surface area contributed by atoms with Crippen LogP contribution in [-0.4, -0.2) is 18.5 Å². The Bertz CT molecular complexity index is 1050. The first-order valence-electron chi connectivity index (χ1n) is 7.32. The molecule has 3 aromatic rings. The summed E-state index contributed by atoms with van der Waals surface area (Å²) in [5, 5.41) is 13.0. The molecule has 0 unspecified atom stereocenters. The molecule has 0 saturated heterocycles. The number of furan rings is 1. The van der Waals surface area contributed by atoms with E-state index in [9.17, 15) is 9.59 Å². The van der Waals surface area contributed by atoms with E-state index in [1.165, 1.54) is 24.3 Å². The lowest BCUT2D eigenvalue weighted by Crippen LogP contribution is -2.21. The fourth-order valence-corrected chi connectivity index (χ4v) is 2.57. The number of halogens is 2. The van der Waals surface area contributed by atoms with Crippen LogP contribution < -0.4 is 5.32 Å². The van der Waals surface area contributed by atoms with Gasteiger partial charge in [0.1, 0.15) is 11.7 Å². The predicted molar refractivity (Wildman–Crippen MR) is 96.3 cm³/mol. The van der Waals surface area contributed by atoms with E-state index in [0.717, 1.165) is 0 Å². The summed E-state index contributed by atoms with van der Waals surface area (Å²) in [5.41, 5.74) is 0.950. The number of nitrogens with one attached hydrogen (secondary N) is 1. The second-order valence-electron chi connectivity index (χ2n) is 5.22. The number of hydrogen-bond acceptors (Lipinski definition) is 5. The van der Waals surface area contributed by atoms with Crippen LogP contribution in [-0.2, 0) is 9.53 Å². The van der Waals surface area contributed by atoms with E-state index in [1.54, 1.807) is 18.2 Å². The fourth-order valence-electron chi connectivity index (χ4n) is 2.22. The number of nitrogens with zero attached hydrogens (tertiary/aromatic N) is 1. The lowest BCUT2D eigenvalue weighted by atomic mass is 10.2. The molecule has 8 heteroatoms. The molecule has 0 spiro atoms. The molecule has 0 aliphatic rings. The normalized spacial score (nSPS) is 10.3. The molecule has 0 atom stereocenters. The van der Waals surface area contributed by atoms with Gasteiger partial charge in [0.25, 0.3) is 5.91 Å². The molecule has 1 aromatic heterocycles. The lowest BCUT2D eigenvalue weighted by molar-refractivity contribution is -0.119. The Morgan fingerprint density at radius 2 is 1.85 bits per heavy atom. The number of carbonyl (C=O) groups is 2. The summed E-state index contributed by atoms with van der Waals surface area (Å²) in [6, 6.07) is 12.8. The van der Waals surface area contributed by atoms with Gasteiger partial charge in [-0.05, 0) is 42.5 Å². The molecule has 0 fully saturated rings. The molecule has 1 N–H and O–H groups in total. The first-order valence-corrected chi connectivity index (χ1v) is 8.07. The van der Waals surface area contributed by atoms with Gasteiger partial charge in [-0.1, -0.05) is 23.2 Å². The van der Waals surface area contributed by atoms with E-state index >= 15 is 0 Å². The standard InChI is InChI=1S/C18H10Cl2N2O4/c19-12-3-4-15-11(5-12)6-16(26-15)18(24)25-9-17(23)22-14-7-13(20)2-1-10(14)8-21/h1-7H,9H2,(H,22,23). The smallest absolute Gasteiger partial charge is 0.374 e. The quantitative estimate of drug-likeness (QED) is 0.668. The topological polar surface area (TPSA) is 92.3 Å². The van der Waals surface area contributed by atoms with Crippen LogP contribution in [0.4, 0.5) is 5.69 Å². The maximum absolute atomic E-state index is 12.0. The summed E-state index contributed by atoms with van der Waals surface area (Å²) in [7, 11) is 0. The van der Waals surface area contributed by atoms with Crippen molar-refractivity contribution in [2.45, 2.75) is 0 Å². The van der Waals surface area contributed by atoms with Gasteiger partial charge in [-0.15, -0.1) is 0 Å². The van der Waals surface area contributed by atoms with Crippen LogP contribution in [0, 0.1) is 11.3 Å². The van der Waals surface area contributed by atoms with Gasteiger partial charge in [0.15, 0.2) is 6.61 Å². The number of esters is 1. The number of benzene rings is 2. The Morgan fingerprint density at radius 1 is 1.12 bits per heavy atom. The highest BCUT2D eigenvalue weighted by atomic mass is 35.5.